The van der Waals surface area contributed by atoms with Crippen LogP contribution in [0.4, 0.5) is 0 Å². The first-order valence-corrected chi connectivity index (χ1v) is 5.14. The number of pyridine rings is 1. The minimum atomic E-state index is 0.676. The molecule has 1 aromatic carbocycles. The molecule has 0 radical (unpaired) electrons. The molecule has 78 valence electrons. The third-order valence-electron chi connectivity index (χ3n) is 2.32. The average molecular weight is 201 g/mol. The number of nitrogens with two attached hydrogens (primary N) is 1. The van der Waals surface area contributed by atoms with E-state index < -0.39 is 0 Å². The molecule has 0 bridgehead atoms. The number of benzene rings is 1. The molecule has 3 N–H and O–H groups in total. The van der Waals surface area contributed by atoms with Gasteiger partial charge in [-0.1, -0.05) is 12.1 Å². The maximum absolute atomic E-state index is 5.41. The maximum atomic E-state index is 5.41. The molecule has 2 aromatic rings. The van der Waals surface area contributed by atoms with E-state index in [1.807, 2.05) is 12.3 Å². The van der Waals surface area contributed by atoms with Crippen LogP contribution >= 0.6 is 0 Å². The van der Waals surface area contributed by atoms with Crippen molar-refractivity contribution in [3.63, 3.8) is 0 Å². The summed E-state index contributed by atoms with van der Waals surface area (Å²) in [6.45, 7) is 2.39. The minimum Gasteiger partial charge on any atom is -0.329 e. The van der Waals surface area contributed by atoms with E-state index in [4.69, 9.17) is 5.73 Å². The van der Waals surface area contributed by atoms with Gasteiger partial charge >= 0.3 is 0 Å². The van der Waals surface area contributed by atoms with E-state index in [1.54, 1.807) is 0 Å². The number of nitrogens with one attached hydrogen (secondary N) is 1. The van der Waals surface area contributed by atoms with Crippen LogP contribution in [-0.4, -0.2) is 18.1 Å². The second-order valence-corrected chi connectivity index (χ2v) is 3.50. The second-order valence-electron chi connectivity index (χ2n) is 3.50. The van der Waals surface area contributed by atoms with Gasteiger partial charge in [-0.3, -0.25) is 4.98 Å². The zero-order valence-corrected chi connectivity index (χ0v) is 8.61. The highest BCUT2D eigenvalue weighted by Crippen LogP contribution is 2.12. The van der Waals surface area contributed by atoms with Crippen LogP contribution in [0.1, 0.15) is 5.56 Å². The molecule has 0 unspecified atom stereocenters. The van der Waals surface area contributed by atoms with Crippen molar-refractivity contribution in [2.75, 3.05) is 13.1 Å². The topological polar surface area (TPSA) is 50.9 Å². The van der Waals surface area contributed by atoms with Gasteiger partial charge in [-0.25, -0.2) is 0 Å². The third-order valence-corrected chi connectivity index (χ3v) is 2.32. The molecule has 15 heavy (non-hydrogen) atoms. The van der Waals surface area contributed by atoms with Gasteiger partial charge in [0.05, 0.1) is 5.52 Å². The zero-order chi connectivity index (χ0) is 10.5. The molecule has 0 amide bonds. The van der Waals surface area contributed by atoms with Gasteiger partial charge in [0, 0.05) is 31.2 Å². The van der Waals surface area contributed by atoms with E-state index in [2.05, 4.69) is 34.6 Å². The van der Waals surface area contributed by atoms with Gasteiger partial charge in [-0.05, 0) is 23.8 Å². The summed E-state index contributed by atoms with van der Waals surface area (Å²) in [5.41, 5.74) is 7.72. The molecule has 0 aliphatic carbocycles. The van der Waals surface area contributed by atoms with Gasteiger partial charge in [0.15, 0.2) is 0 Å². The summed E-state index contributed by atoms with van der Waals surface area (Å²) in [7, 11) is 0. The van der Waals surface area contributed by atoms with Crippen molar-refractivity contribution in [2.45, 2.75) is 6.54 Å². The van der Waals surface area contributed by atoms with E-state index >= 15 is 0 Å². The first-order chi connectivity index (χ1) is 7.40. The lowest BCUT2D eigenvalue weighted by atomic mass is 10.1. The average Bonchev–Trinajstić information content (AvgIpc) is 2.29. The Morgan fingerprint density at radius 3 is 3.07 bits per heavy atom. The third kappa shape index (κ3) is 2.52. The molecule has 0 saturated carbocycles. The van der Waals surface area contributed by atoms with Crippen LogP contribution in [0.15, 0.2) is 36.5 Å². The van der Waals surface area contributed by atoms with Crippen LogP contribution in [0.2, 0.25) is 0 Å². The highest BCUT2D eigenvalue weighted by molar-refractivity contribution is 5.78. The Balaban J connectivity index is 2.16. The molecule has 0 spiro atoms. The monoisotopic (exact) mass is 201 g/mol. The number of fused-ring (bicyclic) bond motifs is 1. The van der Waals surface area contributed by atoms with E-state index in [0.717, 1.165) is 18.6 Å². The summed E-state index contributed by atoms with van der Waals surface area (Å²) in [4.78, 5) is 4.28. The van der Waals surface area contributed by atoms with Gasteiger partial charge in [0.25, 0.3) is 0 Å². The first-order valence-electron chi connectivity index (χ1n) is 5.14. The van der Waals surface area contributed by atoms with Crippen LogP contribution in [0.25, 0.3) is 10.9 Å². The van der Waals surface area contributed by atoms with Crippen LogP contribution in [0.5, 0.6) is 0 Å². The molecule has 3 nitrogen and oxygen atoms in total. The Bertz CT molecular complexity index is 440. The van der Waals surface area contributed by atoms with E-state index in [9.17, 15) is 0 Å². The second kappa shape index (κ2) is 4.87. The molecule has 0 saturated heterocycles. The van der Waals surface area contributed by atoms with Crippen molar-refractivity contribution in [1.29, 1.82) is 0 Å². The molecular formula is C12H15N3. The van der Waals surface area contributed by atoms with Crippen LogP contribution in [-0.2, 0) is 6.54 Å². The molecule has 1 heterocycles. The van der Waals surface area contributed by atoms with Gasteiger partial charge in [-0.15, -0.1) is 0 Å². The fourth-order valence-corrected chi connectivity index (χ4v) is 1.57. The van der Waals surface area contributed by atoms with Crippen LogP contribution in [0, 0.1) is 0 Å². The summed E-state index contributed by atoms with van der Waals surface area (Å²) >= 11 is 0. The Morgan fingerprint density at radius 2 is 2.20 bits per heavy atom. The van der Waals surface area contributed by atoms with E-state index in [-0.39, 0.29) is 0 Å². The normalized spacial score (nSPS) is 10.7. The molecule has 0 aliphatic heterocycles. The van der Waals surface area contributed by atoms with Crippen molar-refractivity contribution >= 4 is 10.9 Å². The molecule has 0 atom stereocenters. The number of rotatable bonds is 4. The Labute approximate surface area is 89.3 Å². The minimum absolute atomic E-state index is 0.676. The number of aromatic nitrogens is 1. The predicted molar refractivity (Wildman–Crippen MR) is 62.5 cm³/mol. The summed E-state index contributed by atoms with van der Waals surface area (Å²) in [5, 5.41) is 4.46. The lowest BCUT2D eigenvalue weighted by Gasteiger charge is -2.04. The highest BCUT2D eigenvalue weighted by atomic mass is 14.9. The summed E-state index contributed by atoms with van der Waals surface area (Å²) in [6, 6.07) is 10.3. The van der Waals surface area contributed by atoms with Gasteiger partial charge in [0.1, 0.15) is 0 Å². The zero-order valence-electron chi connectivity index (χ0n) is 8.61. The van der Waals surface area contributed by atoms with E-state index in [1.165, 1.54) is 10.9 Å². The standard InChI is InChI=1S/C12H15N3/c13-5-7-14-9-10-3-4-12-11(8-10)2-1-6-15-12/h1-4,6,8,14H,5,7,9,13H2. The number of nitrogens with zero attached hydrogens (tertiary/aromatic N) is 1. The van der Waals surface area contributed by atoms with Crippen molar-refractivity contribution in [2.24, 2.45) is 5.73 Å². The molecule has 1 aromatic heterocycles. The van der Waals surface area contributed by atoms with E-state index in [0.29, 0.717) is 6.54 Å². The van der Waals surface area contributed by atoms with Crippen molar-refractivity contribution in [1.82, 2.24) is 10.3 Å². The quantitative estimate of drug-likeness (QED) is 0.733. The Hall–Kier alpha value is -1.45. The fourth-order valence-electron chi connectivity index (χ4n) is 1.57. The predicted octanol–water partition coefficient (Wildman–Crippen LogP) is 1.28. The number of hydrogen-bond donors (Lipinski definition) is 2. The van der Waals surface area contributed by atoms with Gasteiger partial charge in [-0.2, -0.15) is 0 Å². The largest absolute Gasteiger partial charge is 0.329 e. The molecule has 0 fully saturated rings. The van der Waals surface area contributed by atoms with Crippen LogP contribution < -0.4 is 11.1 Å². The molecule has 2 rings (SSSR count). The SMILES string of the molecule is NCCNCc1ccc2ncccc2c1. The van der Waals surface area contributed by atoms with Crippen molar-refractivity contribution in [3.8, 4) is 0 Å². The molecular weight excluding hydrogens is 186 g/mol. The van der Waals surface area contributed by atoms with Crippen molar-refractivity contribution in [3.05, 3.63) is 42.1 Å². The first kappa shape index (κ1) is 10.1. The molecule has 3 heteroatoms. The fraction of sp³-hybridized carbons (Fsp3) is 0.250. The smallest absolute Gasteiger partial charge is 0.0702 e. The van der Waals surface area contributed by atoms with Crippen LogP contribution in [0.3, 0.4) is 0 Å². The van der Waals surface area contributed by atoms with Crippen molar-refractivity contribution < 1.29 is 0 Å². The summed E-state index contributed by atoms with van der Waals surface area (Å²) in [6.07, 6.45) is 1.81. The maximum Gasteiger partial charge on any atom is 0.0702 e. The summed E-state index contributed by atoms with van der Waals surface area (Å²) < 4.78 is 0. The lowest BCUT2D eigenvalue weighted by Crippen LogP contribution is -2.21. The number of hydrogen-bond acceptors (Lipinski definition) is 3. The Morgan fingerprint density at radius 1 is 1.27 bits per heavy atom. The molecule has 0 aliphatic rings. The lowest BCUT2D eigenvalue weighted by molar-refractivity contribution is 0.695. The Kier molecular flexibility index (Phi) is 3.27. The highest BCUT2D eigenvalue weighted by Gasteiger charge is 1.96. The van der Waals surface area contributed by atoms with Gasteiger partial charge < -0.3 is 11.1 Å². The van der Waals surface area contributed by atoms with Gasteiger partial charge in [0.2, 0.25) is 0 Å². The summed E-state index contributed by atoms with van der Waals surface area (Å²) in [5.74, 6) is 0.